The maximum atomic E-state index is 11.7. The summed E-state index contributed by atoms with van der Waals surface area (Å²) in [6.45, 7) is 1.56. The fraction of sp³-hybridized carbons (Fsp3) is 0.154. The van der Waals surface area contributed by atoms with Crippen LogP contribution >= 0.6 is 0 Å². The molecule has 2 aromatic rings. The lowest BCUT2D eigenvalue weighted by atomic mass is 9.96. The molecular weight excluding hydrogens is 200 g/mol. The van der Waals surface area contributed by atoms with Crippen LogP contribution in [0.1, 0.15) is 24.2 Å². The number of ketones is 1. The Morgan fingerprint density at radius 2 is 1.50 bits per heavy atom. The van der Waals surface area contributed by atoms with Gasteiger partial charge in [0.25, 0.3) is 0 Å². The summed E-state index contributed by atoms with van der Waals surface area (Å²) in [6, 6.07) is 11.1. The van der Waals surface area contributed by atoms with Gasteiger partial charge in [0.2, 0.25) is 0 Å². The number of aromatic nitrogens is 2. The molecule has 2 rings (SSSR count). The fourth-order valence-corrected chi connectivity index (χ4v) is 1.66. The van der Waals surface area contributed by atoms with E-state index >= 15 is 0 Å². The van der Waals surface area contributed by atoms with Gasteiger partial charge < -0.3 is 0 Å². The van der Waals surface area contributed by atoms with E-state index in [1.54, 1.807) is 19.3 Å². The van der Waals surface area contributed by atoms with Crippen LogP contribution < -0.4 is 0 Å². The molecule has 16 heavy (non-hydrogen) atoms. The summed E-state index contributed by atoms with van der Waals surface area (Å²) in [4.78, 5) is 20.1. The second-order valence-electron chi connectivity index (χ2n) is 3.55. The molecule has 2 heterocycles. The van der Waals surface area contributed by atoms with Crippen LogP contribution in [0, 0.1) is 0 Å². The summed E-state index contributed by atoms with van der Waals surface area (Å²) in [7, 11) is 0. The van der Waals surface area contributed by atoms with Crippen molar-refractivity contribution in [3.8, 4) is 0 Å². The molecule has 3 nitrogen and oxygen atoms in total. The van der Waals surface area contributed by atoms with E-state index in [-0.39, 0.29) is 11.7 Å². The molecule has 0 atom stereocenters. The largest absolute Gasteiger partial charge is 0.299 e. The predicted octanol–water partition coefficient (Wildman–Crippen LogP) is 2.20. The third-order valence-electron chi connectivity index (χ3n) is 2.37. The Hall–Kier alpha value is -2.03. The van der Waals surface area contributed by atoms with Gasteiger partial charge in [-0.15, -0.1) is 0 Å². The van der Waals surface area contributed by atoms with Crippen molar-refractivity contribution in [2.24, 2.45) is 0 Å². The monoisotopic (exact) mass is 212 g/mol. The number of Topliss-reactive ketones (excluding diaryl/α,β-unsaturated/α-hetero) is 1. The molecule has 0 aliphatic rings. The molecule has 0 saturated heterocycles. The highest BCUT2D eigenvalue weighted by Crippen LogP contribution is 2.21. The van der Waals surface area contributed by atoms with Gasteiger partial charge in [-0.25, -0.2) is 0 Å². The lowest BCUT2D eigenvalue weighted by Crippen LogP contribution is -2.13. The Morgan fingerprint density at radius 3 is 1.81 bits per heavy atom. The Kier molecular flexibility index (Phi) is 3.05. The number of nitrogens with zero attached hydrogens (tertiary/aromatic N) is 2. The molecule has 0 unspecified atom stereocenters. The average Bonchev–Trinajstić information content (AvgIpc) is 2.31. The molecule has 0 aromatic carbocycles. The molecule has 80 valence electrons. The highest BCUT2D eigenvalue weighted by molar-refractivity contribution is 5.85. The maximum absolute atomic E-state index is 11.7. The predicted molar refractivity (Wildman–Crippen MR) is 61.0 cm³/mol. The van der Waals surface area contributed by atoms with Gasteiger partial charge in [-0.1, -0.05) is 12.1 Å². The number of rotatable bonds is 3. The van der Waals surface area contributed by atoms with E-state index < -0.39 is 0 Å². The van der Waals surface area contributed by atoms with E-state index in [0.29, 0.717) is 0 Å². The summed E-state index contributed by atoms with van der Waals surface area (Å²) >= 11 is 0. The zero-order valence-electron chi connectivity index (χ0n) is 9.00. The molecule has 0 aliphatic heterocycles. The van der Waals surface area contributed by atoms with Gasteiger partial charge in [0.05, 0.1) is 11.4 Å². The van der Waals surface area contributed by atoms with Gasteiger partial charge in [0, 0.05) is 12.4 Å². The van der Waals surface area contributed by atoms with Gasteiger partial charge >= 0.3 is 0 Å². The number of carbonyl (C=O) groups excluding carboxylic acids is 1. The molecule has 0 aliphatic carbocycles. The van der Waals surface area contributed by atoms with Gasteiger partial charge in [0.1, 0.15) is 11.7 Å². The smallest absolute Gasteiger partial charge is 0.144 e. The second-order valence-corrected chi connectivity index (χ2v) is 3.55. The van der Waals surface area contributed by atoms with Crippen LogP contribution in [0.3, 0.4) is 0 Å². The van der Waals surface area contributed by atoms with E-state index in [2.05, 4.69) is 9.97 Å². The minimum Gasteiger partial charge on any atom is -0.299 e. The normalized spacial score (nSPS) is 10.4. The first-order valence-corrected chi connectivity index (χ1v) is 5.11. The van der Waals surface area contributed by atoms with Gasteiger partial charge in [-0.05, 0) is 31.2 Å². The van der Waals surface area contributed by atoms with Gasteiger partial charge in [-0.2, -0.15) is 0 Å². The number of pyridine rings is 2. The number of hydrogen-bond donors (Lipinski definition) is 0. The van der Waals surface area contributed by atoms with Crippen LogP contribution in [0.15, 0.2) is 48.8 Å². The quantitative estimate of drug-likeness (QED) is 0.783. The molecule has 0 radical (unpaired) electrons. The van der Waals surface area contributed by atoms with Crippen molar-refractivity contribution in [2.45, 2.75) is 12.8 Å². The van der Waals surface area contributed by atoms with Gasteiger partial charge in [0.15, 0.2) is 0 Å². The molecule has 0 fully saturated rings. The van der Waals surface area contributed by atoms with Crippen molar-refractivity contribution >= 4 is 5.78 Å². The minimum absolute atomic E-state index is 0.0531. The lowest BCUT2D eigenvalue weighted by Gasteiger charge is -2.11. The molecule has 0 saturated carbocycles. The summed E-state index contributed by atoms with van der Waals surface area (Å²) in [5.41, 5.74) is 1.49. The highest BCUT2D eigenvalue weighted by Gasteiger charge is 2.20. The molecular formula is C13H12N2O. The minimum atomic E-state index is -0.359. The zero-order valence-corrected chi connectivity index (χ0v) is 9.00. The fourth-order valence-electron chi connectivity index (χ4n) is 1.66. The van der Waals surface area contributed by atoms with E-state index in [0.717, 1.165) is 11.4 Å². The SMILES string of the molecule is CC(=O)C(c1ccccn1)c1ccccn1. The van der Waals surface area contributed by atoms with Crippen molar-refractivity contribution in [1.82, 2.24) is 9.97 Å². The van der Waals surface area contributed by atoms with E-state index in [1.807, 2.05) is 36.4 Å². The Morgan fingerprint density at radius 1 is 1.00 bits per heavy atom. The third kappa shape index (κ3) is 2.14. The lowest BCUT2D eigenvalue weighted by molar-refractivity contribution is -0.117. The second kappa shape index (κ2) is 4.66. The summed E-state index contributed by atoms with van der Waals surface area (Å²) in [6.07, 6.45) is 3.38. The van der Waals surface area contributed by atoms with Crippen molar-refractivity contribution < 1.29 is 4.79 Å². The third-order valence-corrected chi connectivity index (χ3v) is 2.37. The van der Waals surface area contributed by atoms with E-state index in [1.165, 1.54) is 0 Å². The molecule has 0 spiro atoms. The number of hydrogen-bond acceptors (Lipinski definition) is 3. The van der Waals surface area contributed by atoms with Crippen LogP contribution in [-0.4, -0.2) is 15.8 Å². The van der Waals surface area contributed by atoms with Gasteiger partial charge in [-0.3, -0.25) is 14.8 Å². The van der Waals surface area contributed by atoms with Crippen molar-refractivity contribution in [3.05, 3.63) is 60.2 Å². The van der Waals surface area contributed by atoms with Crippen molar-refractivity contribution in [1.29, 1.82) is 0 Å². The van der Waals surface area contributed by atoms with Crippen LogP contribution in [0.25, 0.3) is 0 Å². The van der Waals surface area contributed by atoms with E-state index in [4.69, 9.17) is 0 Å². The first-order valence-electron chi connectivity index (χ1n) is 5.11. The first-order chi connectivity index (χ1) is 7.79. The van der Waals surface area contributed by atoms with Crippen molar-refractivity contribution in [3.63, 3.8) is 0 Å². The van der Waals surface area contributed by atoms with Crippen LogP contribution in [0.4, 0.5) is 0 Å². The molecule has 0 bridgehead atoms. The summed E-state index contributed by atoms with van der Waals surface area (Å²) in [5, 5.41) is 0. The average molecular weight is 212 g/mol. The Bertz CT molecular complexity index is 428. The highest BCUT2D eigenvalue weighted by atomic mass is 16.1. The Balaban J connectivity index is 2.44. The molecule has 0 N–H and O–H groups in total. The zero-order chi connectivity index (χ0) is 11.4. The molecule has 2 aromatic heterocycles. The summed E-state index contributed by atoms with van der Waals surface area (Å²) in [5.74, 6) is -0.306. The first kappa shape index (κ1) is 10.5. The molecule has 0 amide bonds. The molecule has 3 heteroatoms. The Labute approximate surface area is 94.2 Å². The van der Waals surface area contributed by atoms with Crippen LogP contribution in [0.5, 0.6) is 0 Å². The number of carbonyl (C=O) groups is 1. The maximum Gasteiger partial charge on any atom is 0.144 e. The van der Waals surface area contributed by atoms with Crippen molar-refractivity contribution in [2.75, 3.05) is 0 Å². The van der Waals surface area contributed by atoms with Crippen LogP contribution in [-0.2, 0) is 4.79 Å². The topological polar surface area (TPSA) is 42.9 Å². The summed E-state index contributed by atoms with van der Waals surface area (Å²) < 4.78 is 0. The van der Waals surface area contributed by atoms with Crippen LogP contribution in [0.2, 0.25) is 0 Å². The standard InChI is InChI=1S/C13H12N2O/c1-10(16)13(11-6-2-4-8-14-11)12-7-3-5-9-15-12/h2-9,13H,1H3. The van der Waals surface area contributed by atoms with E-state index in [9.17, 15) is 4.79 Å².